The van der Waals surface area contributed by atoms with E-state index in [4.69, 9.17) is 0 Å². The van der Waals surface area contributed by atoms with E-state index in [9.17, 15) is 4.79 Å². The lowest BCUT2D eigenvalue weighted by Crippen LogP contribution is -2.44. The number of esters is 1. The second-order valence-corrected chi connectivity index (χ2v) is 4.33. The average Bonchev–Trinajstić information content (AvgIpc) is 2.39. The summed E-state index contributed by atoms with van der Waals surface area (Å²) in [5.41, 5.74) is 1.77. The fourth-order valence-corrected chi connectivity index (χ4v) is 1.99. The Balaban J connectivity index is 0.00000162. The normalized spacial score (nSPS) is 15.2. The smallest absolute Gasteiger partial charge is 0.337 e. The Hall–Kier alpha value is -0.970. The van der Waals surface area contributed by atoms with Crippen molar-refractivity contribution in [2.75, 3.05) is 45.2 Å². The first-order chi connectivity index (χ1) is 8.20. The Morgan fingerprint density at radius 2 is 1.58 bits per heavy atom. The maximum Gasteiger partial charge on any atom is 0.337 e. The highest BCUT2D eigenvalue weighted by Crippen LogP contribution is 2.17. The van der Waals surface area contributed by atoms with Crippen LogP contribution in [0.4, 0.5) is 5.69 Å². The lowest BCUT2D eigenvalue weighted by Gasteiger charge is -2.34. The highest BCUT2D eigenvalue weighted by atomic mass is 35.5. The average molecular weight is 307 g/mol. The standard InChI is InChI=1S/C13H18N2O2.2ClH/c1-14-7-9-15(10-8-14)12-5-3-11(4-6-12)13(16)17-2;;/h3-6H,7-10H2,1-2H3;2*1H. The largest absolute Gasteiger partial charge is 0.465 e. The van der Waals surface area contributed by atoms with E-state index in [-0.39, 0.29) is 30.8 Å². The van der Waals surface area contributed by atoms with E-state index < -0.39 is 0 Å². The zero-order chi connectivity index (χ0) is 12.3. The molecule has 0 bridgehead atoms. The predicted octanol–water partition coefficient (Wildman–Crippen LogP) is 2.07. The summed E-state index contributed by atoms with van der Waals surface area (Å²) in [6, 6.07) is 7.61. The lowest BCUT2D eigenvalue weighted by molar-refractivity contribution is 0.0601. The lowest BCUT2D eigenvalue weighted by atomic mass is 10.2. The van der Waals surface area contributed by atoms with Crippen LogP contribution in [0.5, 0.6) is 0 Å². The van der Waals surface area contributed by atoms with Gasteiger partial charge in [0.05, 0.1) is 12.7 Å². The van der Waals surface area contributed by atoms with Crippen molar-refractivity contribution >= 4 is 36.5 Å². The van der Waals surface area contributed by atoms with Gasteiger partial charge in [-0.1, -0.05) is 0 Å². The Morgan fingerprint density at radius 1 is 1.05 bits per heavy atom. The van der Waals surface area contributed by atoms with Crippen LogP contribution in [0.2, 0.25) is 0 Å². The molecule has 0 unspecified atom stereocenters. The van der Waals surface area contributed by atoms with Crippen molar-refractivity contribution in [2.24, 2.45) is 0 Å². The number of benzene rings is 1. The van der Waals surface area contributed by atoms with Crippen molar-refractivity contribution < 1.29 is 9.53 Å². The van der Waals surface area contributed by atoms with Gasteiger partial charge in [0.1, 0.15) is 0 Å². The molecule has 0 radical (unpaired) electrons. The van der Waals surface area contributed by atoms with Crippen LogP contribution in [0.25, 0.3) is 0 Å². The molecular weight excluding hydrogens is 287 g/mol. The Bertz CT molecular complexity index is 390. The molecule has 1 fully saturated rings. The highest BCUT2D eigenvalue weighted by Gasteiger charge is 2.14. The first-order valence-corrected chi connectivity index (χ1v) is 5.82. The molecule has 0 N–H and O–H groups in total. The quantitative estimate of drug-likeness (QED) is 0.783. The summed E-state index contributed by atoms with van der Waals surface area (Å²) in [7, 11) is 3.54. The minimum Gasteiger partial charge on any atom is -0.465 e. The topological polar surface area (TPSA) is 32.8 Å². The van der Waals surface area contributed by atoms with Gasteiger partial charge in [-0.25, -0.2) is 4.79 Å². The van der Waals surface area contributed by atoms with Crippen molar-refractivity contribution in [3.63, 3.8) is 0 Å². The second kappa shape index (κ2) is 8.25. The summed E-state index contributed by atoms with van der Waals surface area (Å²) in [4.78, 5) is 16.0. The van der Waals surface area contributed by atoms with Gasteiger partial charge in [0.15, 0.2) is 0 Å². The van der Waals surface area contributed by atoms with Crippen molar-refractivity contribution in [3.8, 4) is 0 Å². The number of nitrogens with zero attached hydrogens (tertiary/aromatic N) is 2. The number of halogens is 2. The fourth-order valence-electron chi connectivity index (χ4n) is 1.99. The van der Waals surface area contributed by atoms with E-state index in [2.05, 4.69) is 21.6 Å². The maximum absolute atomic E-state index is 11.3. The number of carbonyl (C=O) groups excluding carboxylic acids is 1. The summed E-state index contributed by atoms with van der Waals surface area (Å²) < 4.78 is 4.68. The zero-order valence-electron chi connectivity index (χ0n) is 11.2. The van der Waals surface area contributed by atoms with Gasteiger partial charge >= 0.3 is 5.97 Å². The Morgan fingerprint density at radius 3 is 2.05 bits per heavy atom. The van der Waals surface area contributed by atoms with Crippen LogP contribution in [0.3, 0.4) is 0 Å². The fraction of sp³-hybridized carbons (Fsp3) is 0.462. The molecule has 1 heterocycles. The number of ether oxygens (including phenoxy) is 1. The van der Waals surface area contributed by atoms with Gasteiger partial charge in [-0.3, -0.25) is 0 Å². The maximum atomic E-state index is 11.3. The van der Waals surface area contributed by atoms with Crippen LogP contribution < -0.4 is 4.90 Å². The molecule has 1 aliphatic rings. The molecule has 0 atom stereocenters. The van der Waals surface area contributed by atoms with E-state index in [0.29, 0.717) is 5.56 Å². The molecular formula is C13H20Cl2N2O2. The minimum atomic E-state index is -0.282. The monoisotopic (exact) mass is 306 g/mol. The van der Waals surface area contributed by atoms with Crippen molar-refractivity contribution in [2.45, 2.75) is 0 Å². The molecule has 6 heteroatoms. The molecule has 1 aliphatic heterocycles. The van der Waals surface area contributed by atoms with Gasteiger partial charge in [-0.15, -0.1) is 24.8 Å². The minimum absolute atomic E-state index is 0. The summed E-state index contributed by atoms with van der Waals surface area (Å²) in [5, 5.41) is 0. The number of hydrogen-bond donors (Lipinski definition) is 0. The molecule has 1 aromatic rings. The third-order valence-electron chi connectivity index (χ3n) is 3.16. The number of anilines is 1. The van der Waals surface area contributed by atoms with Gasteiger partial charge in [-0.05, 0) is 31.3 Å². The summed E-state index contributed by atoms with van der Waals surface area (Å²) in [6.45, 7) is 4.24. The van der Waals surface area contributed by atoms with E-state index in [0.717, 1.165) is 26.2 Å². The van der Waals surface area contributed by atoms with E-state index in [1.165, 1.54) is 12.8 Å². The molecule has 1 saturated heterocycles. The molecule has 4 nitrogen and oxygen atoms in total. The number of likely N-dealkylation sites (N-methyl/N-ethyl adjacent to an activating group) is 1. The molecule has 19 heavy (non-hydrogen) atoms. The van der Waals surface area contributed by atoms with Crippen LogP contribution in [-0.2, 0) is 4.74 Å². The number of carbonyl (C=O) groups is 1. The summed E-state index contributed by atoms with van der Waals surface area (Å²) in [6.07, 6.45) is 0. The van der Waals surface area contributed by atoms with Crippen LogP contribution in [0.1, 0.15) is 10.4 Å². The first kappa shape index (κ1) is 18.0. The second-order valence-electron chi connectivity index (χ2n) is 4.33. The number of rotatable bonds is 2. The molecule has 0 spiro atoms. The van der Waals surface area contributed by atoms with Gasteiger partial charge in [0.25, 0.3) is 0 Å². The molecule has 0 aliphatic carbocycles. The van der Waals surface area contributed by atoms with Gasteiger partial charge < -0.3 is 14.5 Å². The van der Waals surface area contributed by atoms with Gasteiger partial charge in [-0.2, -0.15) is 0 Å². The SMILES string of the molecule is COC(=O)c1ccc(N2CCN(C)CC2)cc1.Cl.Cl. The Kier molecular flexibility index (Phi) is 7.83. The zero-order valence-corrected chi connectivity index (χ0v) is 12.8. The molecule has 0 saturated carbocycles. The van der Waals surface area contributed by atoms with E-state index >= 15 is 0 Å². The molecule has 0 amide bonds. The summed E-state index contributed by atoms with van der Waals surface area (Å²) in [5.74, 6) is -0.282. The predicted molar refractivity (Wildman–Crippen MR) is 82.0 cm³/mol. The van der Waals surface area contributed by atoms with Gasteiger partial charge in [0, 0.05) is 31.9 Å². The van der Waals surface area contributed by atoms with Crippen molar-refractivity contribution in [3.05, 3.63) is 29.8 Å². The molecule has 2 rings (SSSR count). The molecule has 108 valence electrons. The third kappa shape index (κ3) is 4.56. The molecule has 0 aromatic heterocycles. The van der Waals surface area contributed by atoms with Crippen LogP contribution >= 0.6 is 24.8 Å². The molecule has 1 aromatic carbocycles. The van der Waals surface area contributed by atoms with Crippen molar-refractivity contribution in [1.82, 2.24) is 4.90 Å². The van der Waals surface area contributed by atoms with Crippen LogP contribution in [0, 0.1) is 0 Å². The highest BCUT2D eigenvalue weighted by molar-refractivity contribution is 5.89. The van der Waals surface area contributed by atoms with Crippen molar-refractivity contribution in [1.29, 1.82) is 0 Å². The number of piperazine rings is 1. The van der Waals surface area contributed by atoms with E-state index in [1.54, 1.807) is 0 Å². The summed E-state index contributed by atoms with van der Waals surface area (Å²) >= 11 is 0. The van der Waals surface area contributed by atoms with Gasteiger partial charge in [0.2, 0.25) is 0 Å². The Labute approximate surface area is 126 Å². The third-order valence-corrected chi connectivity index (χ3v) is 3.16. The number of hydrogen-bond acceptors (Lipinski definition) is 4. The number of methoxy groups -OCH3 is 1. The van der Waals surface area contributed by atoms with Crippen LogP contribution in [0.15, 0.2) is 24.3 Å². The van der Waals surface area contributed by atoms with Crippen LogP contribution in [-0.4, -0.2) is 51.2 Å². The first-order valence-electron chi connectivity index (χ1n) is 5.82. The van der Waals surface area contributed by atoms with E-state index in [1.807, 2.05) is 24.3 Å².